The summed E-state index contributed by atoms with van der Waals surface area (Å²) in [5.41, 5.74) is 0. The van der Waals surface area contributed by atoms with Crippen molar-refractivity contribution >= 4 is 39.1 Å². The maximum absolute atomic E-state index is 9.66. The van der Waals surface area contributed by atoms with E-state index in [1.807, 2.05) is 0 Å². The van der Waals surface area contributed by atoms with E-state index < -0.39 is 25.3 Å². The molecule has 0 heterocycles. The predicted octanol–water partition coefficient (Wildman–Crippen LogP) is -1.66. The van der Waals surface area contributed by atoms with E-state index in [9.17, 15) is 16.8 Å². The van der Waals surface area contributed by atoms with Gasteiger partial charge < -0.3 is 0 Å². The van der Waals surface area contributed by atoms with Crippen molar-refractivity contribution < 1.29 is 25.9 Å². The maximum atomic E-state index is 9.66. The molecule has 57 valence electrons. The van der Waals surface area contributed by atoms with Crippen LogP contribution in [0, 0.1) is 0 Å². The Labute approximate surface area is 70.3 Å². The standard InChI is InChI=1S/CH4O6S2.Li/c2-8(3,4)1-9(5,6)7;/h1H2,(H,2,3,4)(H,5,6,7);. The average molecular weight is 183 g/mol. The van der Waals surface area contributed by atoms with Gasteiger partial charge in [0, 0.05) is 18.9 Å². The molecule has 0 aromatic carbocycles. The van der Waals surface area contributed by atoms with Crippen LogP contribution in [0.5, 0.6) is 0 Å². The van der Waals surface area contributed by atoms with Crippen LogP contribution in [0.3, 0.4) is 0 Å². The van der Waals surface area contributed by atoms with Crippen LogP contribution in [-0.2, 0) is 20.2 Å². The molecule has 0 atom stereocenters. The van der Waals surface area contributed by atoms with E-state index >= 15 is 0 Å². The maximum Gasteiger partial charge on any atom is 0.281 e. The fraction of sp³-hybridized carbons (Fsp3) is 1.00. The summed E-state index contributed by atoms with van der Waals surface area (Å²) < 4.78 is 54.2. The summed E-state index contributed by atoms with van der Waals surface area (Å²) in [6, 6.07) is 0. The molecule has 0 spiro atoms. The van der Waals surface area contributed by atoms with Crippen molar-refractivity contribution in [3.8, 4) is 0 Å². The molecule has 0 aromatic rings. The summed E-state index contributed by atoms with van der Waals surface area (Å²) in [4.78, 5) is 0. The molecule has 0 aliphatic carbocycles. The second kappa shape index (κ2) is 3.71. The molecule has 0 aromatic heterocycles. The number of hydrogen-bond donors (Lipinski definition) is 2. The normalized spacial score (nSPS) is 12.2. The first-order valence-electron chi connectivity index (χ1n) is 1.61. The zero-order valence-electron chi connectivity index (χ0n) is 5.05. The minimum Gasteiger partial charge on any atom is -0.285 e. The van der Waals surface area contributed by atoms with Crippen molar-refractivity contribution in [2.75, 3.05) is 5.08 Å². The summed E-state index contributed by atoms with van der Waals surface area (Å²) in [6.45, 7) is 0. The van der Waals surface area contributed by atoms with Gasteiger partial charge >= 0.3 is 0 Å². The topological polar surface area (TPSA) is 109 Å². The Morgan fingerprint density at radius 2 is 1.10 bits per heavy atom. The van der Waals surface area contributed by atoms with Crippen molar-refractivity contribution in [3.63, 3.8) is 0 Å². The third-order valence-electron chi connectivity index (χ3n) is 0.298. The van der Waals surface area contributed by atoms with Crippen molar-refractivity contribution in [2.45, 2.75) is 0 Å². The molecule has 0 aliphatic rings. The van der Waals surface area contributed by atoms with Crippen molar-refractivity contribution in [2.24, 2.45) is 0 Å². The molecular formula is CH4LiO6S2. The fourth-order valence-corrected chi connectivity index (χ4v) is 1.69. The van der Waals surface area contributed by atoms with E-state index in [1.165, 1.54) is 0 Å². The summed E-state index contributed by atoms with van der Waals surface area (Å²) in [5, 5.41) is -1.65. The van der Waals surface area contributed by atoms with Gasteiger partial charge in [-0.15, -0.1) is 0 Å². The van der Waals surface area contributed by atoms with Gasteiger partial charge in [0.2, 0.25) is 5.08 Å². The summed E-state index contributed by atoms with van der Waals surface area (Å²) >= 11 is 0. The predicted molar refractivity (Wildman–Crippen MR) is 33.7 cm³/mol. The summed E-state index contributed by atoms with van der Waals surface area (Å²) in [7, 11) is -9.24. The zero-order valence-corrected chi connectivity index (χ0v) is 6.68. The van der Waals surface area contributed by atoms with E-state index in [0.717, 1.165) is 0 Å². The van der Waals surface area contributed by atoms with Crippen LogP contribution in [0.1, 0.15) is 0 Å². The molecule has 0 saturated heterocycles. The van der Waals surface area contributed by atoms with E-state index in [4.69, 9.17) is 9.11 Å². The van der Waals surface area contributed by atoms with Crippen LogP contribution in [0.15, 0.2) is 0 Å². The zero-order chi connectivity index (χ0) is 7.71. The van der Waals surface area contributed by atoms with E-state index in [0.29, 0.717) is 0 Å². The summed E-state index contributed by atoms with van der Waals surface area (Å²) in [6.07, 6.45) is 0. The second-order valence-electron chi connectivity index (χ2n) is 1.28. The molecule has 0 saturated carbocycles. The molecule has 1 radical (unpaired) electrons. The third kappa shape index (κ3) is 11.2. The van der Waals surface area contributed by atoms with Gasteiger partial charge in [0.25, 0.3) is 20.2 Å². The van der Waals surface area contributed by atoms with Crippen LogP contribution in [0.2, 0.25) is 0 Å². The van der Waals surface area contributed by atoms with Crippen LogP contribution < -0.4 is 0 Å². The van der Waals surface area contributed by atoms with Gasteiger partial charge in [0.1, 0.15) is 0 Å². The van der Waals surface area contributed by atoms with Gasteiger partial charge in [-0.25, -0.2) is 0 Å². The molecular weight excluding hydrogens is 179 g/mol. The molecule has 0 fully saturated rings. The molecule has 0 unspecified atom stereocenters. The van der Waals surface area contributed by atoms with E-state index in [2.05, 4.69) is 0 Å². The van der Waals surface area contributed by atoms with Gasteiger partial charge in [-0.3, -0.25) is 9.11 Å². The molecule has 0 aliphatic heterocycles. The SMILES string of the molecule is O=S(=O)(O)CS(=O)(=O)O.[Li]. The average Bonchev–Trinajstić information content (AvgIpc) is 1.14. The van der Waals surface area contributed by atoms with E-state index in [1.54, 1.807) is 0 Å². The molecule has 9 heteroatoms. The Balaban J connectivity index is 0. The van der Waals surface area contributed by atoms with Crippen LogP contribution in [-0.4, -0.2) is 49.9 Å². The quantitative estimate of drug-likeness (QED) is 0.391. The van der Waals surface area contributed by atoms with Gasteiger partial charge in [-0.2, -0.15) is 16.8 Å². The van der Waals surface area contributed by atoms with Crippen molar-refractivity contribution in [3.05, 3.63) is 0 Å². The first-order chi connectivity index (χ1) is 3.71. The van der Waals surface area contributed by atoms with Gasteiger partial charge in [-0.05, 0) is 0 Å². The Kier molecular flexibility index (Phi) is 4.83. The molecule has 0 amide bonds. The third-order valence-corrected chi connectivity index (χ3v) is 2.68. The Morgan fingerprint density at radius 3 is 1.10 bits per heavy atom. The molecule has 6 nitrogen and oxygen atoms in total. The van der Waals surface area contributed by atoms with Crippen molar-refractivity contribution in [1.82, 2.24) is 0 Å². The minimum absolute atomic E-state index is 0. The Morgan fingerprint density at radius 1 is 0.900 bits per heavy atom. The first kappa shape index (κ1) is 13.0. The van der Waals surface area contributed by atoms with Gasteiger partial charge in [-0.1, -0.05) is 0 Å². The Hall–Kier alpha value is 0.417. The first-order valence-corrected chi connectivity index (χ1v) is 4.83. The Bertz CT molecular complexity index is 241. The molecule has 0 rings (SSSR count). The largest absolute Gasteiger partial charge is 0.285 e. The number of hydrogen-bond acceptors (Lipinski definition) is 4. The summed E-state index contributed by atoms with van der Waals surface area (Å²) in [5.74, 6) is 0. The molecule has 2 N–H and O–H groups in total. The van der Waals surface area contributed by atoms with Crippen molar-refractivity contribution in [1.29, 1.82) is 0 Å². The second-order valence-corrected chi connectivity index (χ2v) is 4.55. The molecule has 0 bridgehead atoms. The van der Waals surface area contributed by atoms with Crippen LogP contribution in [0.25, 0.3) is 0 Å². The van der Waals surface area contributed by atoms with Crippen LogP contribution in [0.4, 0.5) is 0 Å². The van der Waals surface area contributed by atoms with Gasteiger partial charge in [0.15, 0.2) is 0 Å². The minimum atomic E-state index is -4.62. The monoisotopic (exact) mass is 183 g/mol. The number of rotatable bonds is 2. The fourth-order valence-electron chi connectivity index (χ4n) is 0.188. The van der Waals surface area contributed by atoms with E-state index in [-0.39, 0.29) is 18.9 Å². The smallest absolute Gasteiger partial charge is 0.281 e. The molecule has 10 heavy (non-hydrogen) atoms. The van der Waals surface area contributed by atoms with Gasteiger partial charge in [0.05, 0.1) is 0 Å². The van der Waals surface area contributed by atoms with Crippen LogP contribution >= 0.6 is 0 Å².